The van der Waals surface area contributed by atoms with Gasteiger partial charge in [-0.1, -0.05) is 401 Å². The molecule has 0 saturated carbocycles. The molecule has 0 fully saturated rings. The van der Waals surface area contributed by atoms with Crippen LogP contribution in [0.5, 0.6) is 0 Å². The second-order valence-corrected chi connectivity index (χ2v) is 34.2. The van der Waals surface area contributed by atoms with Crippen LogP contribution in [0.4, 0.5) is 0 Å². The van der Waals surface area contributed by atoms with E-state index in [1.54, 1.807) is 0 Å². The summed E-state index contributed by atoms with van der Waals surface area (Å²) in [5.74, 6) is -0.518. The first-order valence-corrected chi connectivity index (χ1v) is 47.0. The predicted octanol–water partition coefficient (Wildman–Crippen LogP) is 25.8. The lowest BCUT2D eigenvalue weighted by molar-refractivity contribution is -0.161. The van der Waals surface area contributed by atoms with Crippen molar-refractivity contribution < 1.29 is 80.2 Å². The fourth-order valence-electron chi connectivity index (χ4n) is 13.2. The van der Waals surface area contributed by atoms with Crippen molar-refractivity contribution in [3.8, 4) is 0 Å². The fraction of sp³-hybridized carbons (Fsp3) is 0.953. The summed E-state index contributed by atoms with van der Waals surface area (Å²) < 4.78 is 68.9. The number of aliphatic hydroxyl groups excluding tert-OH is 1. The number of unbranched alkanes of at least 4 members (excludes halogenated alkanes) is 53. The average Bonchev–Trinajstić information content (AvgIpc) is 0.934. The molecule has 618 valence electrons. The first kappa shape index (κ1) is 102. The van der Waals surface area contributed by atoms with E-state index in [2.05, 4.69) is 41.5 Å². The van der Waals surface area contributed by atoms with Gasteiger partial charge in [-0.15, -0.1) is 0 Å². The van der Waals surface area contributed by atoms with Gasteiger partial charge in [-0.05, 0) is 37.5 Å². The number of aliphatic hydroxyl groups is 1. The van der Waals surface area contributed by atoms with Gasteiger partial charge in [0.15, 0.2) is 12.2 Å². The minimum absolute atomic E-state index is 0.108. The molecule has 0 rings (SSSR count). The highest BCUT2D eigenvalue weighted by atomic mass is 31.2. The maximum Gasteiger partial charge on any atom is 0.472 e. The number of hydrogen-bond acceptors (Lipinski definition) is 15. The van der Waals surface area contributed by atoms with E-state index in [1.807, 2.05) is 0 Å². The smallest absolute Gasteiger partial charge is 0.462 e. The molecule has 19 heteroatoms. The van der Waals surface area contributed by atoms with E-state index in [9.17, 15) is 43.2 Å². The quantitative estimate of drug-likeness (QED) is 0.0222. The molecule has 0 bridgehead atoms. The zero-order chi connectivity index (χ0) is 76.4. The van der Waals surface area contributed by atoms with Gasteiger partial charge in [0, 0.05) is 25.7 Å². The highest BCUT2D eigenvalue weighted by molar-refractivity contribution is 7.47. The van der Waals surface area contributed by atoms with Crippen molar-refractivity contribution in [3.05, 3.63) is 0 Å². The topological polar surface area (TPSA) is 237 Å². The normalized spacial score (nSPS) is 14.1. The van der Waals surface area contributed by atoms with Crippen molar-refractivity contribution in [3.63, 3.8) is 0 Å². The van der Waals surface area contributed by atoms with Gasteiger partial charge in [0.25, 0.3) is 0 Å². The Bertz CT molecular complexity index is 2000. The Balaban J connectivity index is 5.26. The Morgan fingerprint density at radius 1 is 0.279 bits per heavy atom. The maximum atomic E-state index is 13.1. The van der Waals surface area contributed by atoms with Gasteiger partial charge >= 0.3 is 39.5 Å². The van der Waals surface area contributed by atoms with E-state index in [0.29, 0.717) is 25.7 Å². The number of phosphoric acid groups is 2. The van der Waals surface area contributed by atoms with E-state index in [0.717, 1.165) is 102 Å². The molecule has 0 heterocycles. The molecule has 0 aromatic rings. The van der Waals surface area contributed by atoms with E-state index >= 15 is 0 Å². The number of carbonyl (C=O) groups is 4. The van der Waals surface area contributed by atoms with Gasteiger partial charge < -0.3 is 33.8 Å². The number of ether oxygens (including phenoxy) is 4. The summed E-state index contributed by atoms with van der Waals surface area (Å²) >= 11 is 0. The molecule has 0 amide bonds. The van der Waals surface area contributed by atoms with Gasteiger partial charge in [-0.25, -0.2) is 9.13 Å². The molecule has 0 aliphatic heterocycles. The number of rotatable bonds is 84. The molecule has 6 atom stereocenters. The van der Waals surface area contributed by atoms with Crippen LogP contribution in [0.1, 0.15) is 452 Å². The lowest BCUT2D eigenvalue weighted by Gasteiger charge is -2.21. The Morgan fingerprint density at radius 3 is 0.731 bits per heavy atom. The van der Waals surface area contributed by atoms with Crippen LogP contribution in [0.2, 0.25) is 0 Å². The zero-order valence-electron chi connectivity index (χ0n) is 68.3. The van der Waals surface area contributed by atoms with Crippen LogP contribution in [0.3, 0.4) is 0 Å². The summed E-state index contributed by atoms with van der Waals surface area (Å²) in [6, 6.07) is 0. The van der Waals surface area contributed by atoms with Crippen molar-refractivity contribution in [2.75, 3.05) is 39.6 Å². The molecule has 0 saturated heterocycles. The second-order valence-electron chi connectivity index (χ2n) is 31.3. The number of phosphoric ester groups is 2. The summed E-state index contributed by atoms with van der Waals surface area (Å²) in [6.45, 7) is 9.70. The number of hydrogen-bond donors (Lipinski definition) is 3. The Morgan fingerprint density at radius 2 is 0.490 bits per heavy atom. The number of esters is 4. The van der Waals surface area contributed by atoms with E-state index in [-0.39, 0.29) is 25.7 Å². The molecule has 104 heavy (non-hydrogen) atoms. The van der Waals surface area contributed by atoms with Gasteiger partial charge in [0.1, 0.15) is 19.3 Å². The van der Waals surface area contributed by atoms with E-state index in [1.165, 1.54) is 270 Å². The lowest BCUT2D eigenvalue weighted by Crippen LogP contribution is -2.30. The maximum absolute atomic E-state index is 13.1. The number of carbonyl (C=O) groups excluding carboxylic acids is 4. The van der Waals surface area contributed by atoms with Crippen LogP contribution in [0, 0.1) is 11.8 Å². The minimum atomic E-state index is -4.97. The van der Waals surface area contributed by atoms with Gasteiger partial charge in [-0.3, -0.25) is 37.3 Å². The van der Waals surface area contributed by atoms with Crippen LogP contribution in [0.25, 0.3) is 0 Å². The standard InChI is InChI=1S/C85H166O17P2/c1-7-10-12-14-16-18-20-22-24-25-26-27-31-36-40-44-52-58-64-70-84(89)101-80(73-95-82(87)67-61-55-49-42-38-34-32-28-30-33-37-41-47-53-59-65-77(4)5)75-99-103(91,92)97-71-79(86)72-98-104(93,94)100-76-81(74-96-83(88)68-62-56-50-46-45-48-54-60-66-78(6)9-3)102-85(90)69-63-57-51-43-39-35-29-23-21-19-17-15-13-11-8-2/h77-81,86H,7-76H2,1-6H3,(H,91,92)(H,93,94)/t78?,79-,80-,81-/m1/s1. The summed E-state index contributed by atoms with van der Waals surface area (Å²) in [6.07, 6.45) is 67.9. The molecule has 0 aromatic carbocycles. The minimum Gasteiger partial charge on any atom is -0.462 e. The Labute approximate surface area is 638 Å². The summed E-state index contributed by atoms with van der Waals surface area (Å²) in [5, 5.41) is 10.7. The first-order valence-electron chi connectivity index (χ1n) is 44.0. The zero-order valence-corrected chi connectivity index (χ0v) is 70.1. The van der Waals surface area contributed by atoms with Crippen molar-refractivity contribution in [2.24, 2.45) is 11.8 Å². The SMILES string of the molecule is CCCCCCCCCCCCCCCCCCCCCC(=O)O[C@H](COC(=O)CCCCCCCCCCCCCCCCCC(C)C)COP(=O)(O)OC[C@@H](O)COP(=O)(O)OC[C@@H](COC(=O)CCCCCCCCCCC(C)CC)OC(=O)CCCCCCCCCCCCCCCCC. The fourth-order valence-corrected chi connectivity index (χ4v) is 14.8. The molecule has 3 unspecified atom stereocenters. The molecule has 0 aliphatic rings. The molecule has 3 N–H and O–H groups in total. The second kappa shape index (κ2) is 76.4. The van der Waals surface area contributed by atoms with Crippen LogP contribution in [-0.4, -0.2) is 96.7 Å². The molecular formula is C85H166O17P2. The van der Waals surface area contributed by atoms with Crippen molar-refractivity contribution in [2.45, 2.75) is 471 Å². The lowest BCUT2D eigenvalue weighted by atomic mass is 9.99. The highest BCUT2D eigenvalue weighted by Crippen LogP contribution is 2.45. The van der Waals surface area contributed by atoms with Gasteiger partial charge in [0.2, 0.25) is 0 Å². The molecular weight excluding hydrogens is 1350 g/mol. The molecule has 0 aromatic heterocycles. The summed E-state index contributed by atoms with van der Waals surface area (Å²) in [4.78, 5) is 73.2. The molecule has 0 radical (unpaired) electrons. The van der Waals surface area contributed by atoms with Crippen molar-refractivity contribution in [1.29, 1.82) is 0 Å². The third-order valence-corrected chi connectivity index (χ3v) is 22.2. The molecule has 17 nitrogen and oxygen atoms in total. The third-order valence-electron chi connectivity index (χ3n) is 20.3. The Kier molecular flexibility index (Phi) is 75.0. The molecule has 0 spiro atoms. The highest BCUT2D eigenvalue weighted by Gasteiger charge is 2.30. The largest absolute Gasteiger partial charge is 0.472 e. The van der Waals surface area contributed by atoms with Crippen LogP contribution in [0.15, 0.2) is 0 Å². The molecule has 0 aliphatic carbocycles. The predicted molar refractivity (Wildman–Crippen MR) is 428 cm³/mol. The van der Waals surface area contributed by atoms with Crippen LogP contribution in [-0.2, 0) is 65.4 Å². The monoisotopic (exact) mass is 1520 g/mol. The first-order chi connectivity index (χ1) is 50.4. The van der Waals surface area contributed by atoms with Crippen molar-refractivity contribution in [1.82, 2.24) is 0 Å². The average molecular weight is 1520 g/mol. The summed E-state index contributed by atoms with van der Waals surface area (Å²) in [7, 11) is -9.93. The van der Waals surface area contributed by atoms with Crippen molar-refractivity contribution >= 4 is 39.5 Å². The Hall–Kier alpha value is -1.94. The summed E-state index contributed by atoms with van der Waals surface area (Å²) in [5.41, 5.74) is 0. The third kappa shape index (κ3) is 76.8. The van der Waals surface area contributed by atoms with E-state index < -0.39 is 97.5 Å². The van der Waals surface area contributed by atoms with Gasteiger partial charge in [-0.2, -0.15) is 0 Å². The van der Waals surface area contributed by atoms with E-state index in [4.69, 9.17) is 37.0 Å². The van der Waals surface area contributed by atoms with Crippen LogP contribution >= 0.6 is 15.6 Å². The van der Waals surface area contributed by atoms with Gasteiger partial charge in [0.05, 0.1) is 26.4 Å². The van der Waals surface area contributed by atoms with Crippen LogP contribution < -0.4 is 0 Å².